The third kappa shape index (κ3) is 5.24. The van der Waals surface area contributed by atoms with Gasteiger partial charge in [0.25, 0.3) is 5.91 Å². The van der Waals surface area contributed by atoms with Crippen LogP contribution in [0.1, 0.15) is 16.8 Å². The number of ether oxygens (including phenoxy) is 2. The molecule has 29 heavy (non-hydrogen) atoms. The van der Waals surface area contributed by atoms with Crippen molar-refractivity contribution >= 4 is 27.5 Å². The Balaban J connectivity index is 1.52. The minimum atomic E-state index is -3.79. The summed E-state index contributed by atoms with van der Waals surface area (Å²) in [6.45, 7) is 0.702. The highest BCUT2D eigenvalue weighted by Crippen LogP contribution is 2.32. The predicted molar refractivity (Wildman–Crippen MR) is 106 cm³/mol. The molecule has 2 amide bonds. The van der Waals surface area contributed by atoms with Crippen LogP contribution in [-0.2, 0) is 14.8 Å². The average molecular weight is 419 g/mol. The van der Waals surface area contributed by atoms with Gasteiger partial charge in [0.2, 0.25) is 15.9 Å². The van der Waals surface area contributed by atoms with Crippen LogP contribution in [0.25, 0.3) is 0 Å². The molecule has 0 saturated carbocycles. The smallest absolute Gasteiger partial charge is 0.251 e. The number of fused-ring (bicyclic) bond motifs is 1. The largest absolute Gasteiger partial charge is 0.486 e. The van der Waals surface area contributed by atoms with E-state index in [1.807, 2.05) is 0 Å². The van der Waals surface area contributed by atoms with Gasteiger partial charge in [0.15, 0.2) is 11.5 Å². The van der Waals surface area contributed by atoms with E-state index in [0.717, 1.165) is 0 Å². The molecular formula is C19H21N3O6S. The lowest BCUT2D eigenvalue weighted by molar-refractivity contribution is -0.116. The lowest BCUT2D eigenvalue weighted by Gasteiger charge is -2.18. The number of benzene rings is 2. The number of anilines is 1. The number of rotatable bonds is 7. The van der Waals surface area contributed by atoms with E-state index >= 15 is 0 Å². The summed E-state index contributed by atoms with van der Waals surface area (Å²) in [7, 11) is -2.26. The van der Waals surface area contributed by atoms with Crippen molar-refractivity contribution in [2.45, 2.75) is 11.3 Å². The molecule has 0 bridgehead atoms. The fourth-order valence-corrected chi connectivity index (χ4v) is 3.69. The molecule has 1 heterocycles. The van der Waals surface area contributed by atoms with Crippen LogP contribution in [0.2, 0.25) is 0 Å². The van der Waals surface area contributed by atoms with Crippen molar-refractivity contribution in [2.24, 2.45) is 0 Å². The Morgan fingerprint density at radius 3 is 2.38 bits per heavy atom. The molecule has 0 fully saturated rings. The van der Waals surface area contributed by atoms with Crippen LogP contribution in [0.3, 0.4) is 0 Å². The number of nitrogens with one attached hydrogen (secondary N) is 3. The fraction of sp³-hybridized carbons (Fsp3) is 0.263. The minimum Gasteiger partial charge on any atom is -0.486 e. The highest BCUT2D eigenvalue weighted by Gasteiger charge is 2.19. The molecule has 0 radical (unpaired) electrons. The Morgan fingerprint density at radius 2 is 1.69 bits per heavy atom. The van der Waals surface area contributed by atoms with E-state index in [9.17, 15) is 18.0 Å². The zero-order valence-corrected chi connectivity index (χ0v) is 16.5. The number of hydrogen-bond acceptors (Lipinski definition) is 6. The molecule has 0 unspecified atom stereocenters. The number of hydrogen-bond donors (Lipinski definition) is 3. The van der Waals surface area contributed by atoms with E-state index in [4.69, 9.17) is 9.47 Å². The lowest BCUT2D eigenvalue weighted by Crippen LogP contribution is -2.28. The Bertz CT molecular complexity index is 1010. The summed E-state index contributed by atoms with van der Waals surface area (Å²) in [5.41, 5.74) is 0.982. The molecule has 2 aromatic carbocycles. The van der Waals surface area contributed by atoms with Gasteiger partial charge in [0.1, 0.15) is 13.2 Å². The summed E-state index contributed by atoms with van der Waals surface area (Å²) >= 11 is 0. The molecule has 0 atom stereocenters. The Labute approximate surface area is 168 Å². The molecule has 3 rings (SSSR count). The van der Waals surface area contributed by atoms with E-state index in [1.165, 1.54) is 25.2 Å². The van der Waals surface area contributed by atoms with Gasteiger partial charge in [-0.05, 0) is 36.4 Å². The fourth-order valence-electron chi connectivity index (χ4n) is 2.65. The number of amides is 2. The van der Waals surface area contributed by atoms with E-state index in [1.54, 1.807) is 24.3 Å². The van der Waals surface area contributed by atoms with Gasteiger partial charge in [-0.3, -0.25) is 9.59 Å². The number of carbonyl (C=O) groups excluding carboxylic acids is 2. The molecule has 0 aliphatic carbocycles. The highest BCUT2D eigenvalue weighted by molar-refractivity contribution is 7.89. The van der Waals surface area contributed by atoms with Crippen LogP contribution in [0, 0.1) is 0 Å². The minimum absolute atomic E-state index is 0.0342. The second-order valence-electron chi connectivity index (χ2n) is 6.16. The quantitative estimate of drug-likeness (QED) is 0.618. The first-order valence-corrected chi connectivity index (χ1v) is 10.4. The molecule has 3 N–H and O–H groups in total. The molecule has 0 aromatic heterocycles. The van der Waals surface area contributed by atoms with Gasteiger partial charge < -0.3 is 20.1 Å². The predicted octanol–water partition coefficient (Wildman–Crippen LogP) is 1.12. The normalized spacial score (nSPS) is 12.9. The highest BCUT2D eigenvalue weighted by atomic mass is 32.2. The van der Waals surface area contributed by atoms with Crippen molar-refractivity contribution in [3.63, 3.8) is 0 Å². The topological polar surface area (TPSA) is 123 Å². The van der Waals surface area contributed by atoms with E-state index in [2.05, 4.69) is 15.4 Å². The lowest BCUT2D eigenvalue weighted by atomic mass is 10.2. The summed E-state index contributed by atoms with van der Waals surface area (Å²) in [6.07, 6.45) is -0.0546. The molecular weight excluding hydrogens is 398 g/mol. The van der Waals surface area contributed by atoms with Crippen LogP contribution in [0.4, 0.5) is 5.69 Å². The van der Waals surface area contributed by atoms with Crippen molar-refractivity contribution in [1.29, 1.82) is 0 Å². The summed E-state index contributed by atoms with van der Waals surface area (Å²) in [5, 5.41) is 5.16. The molecule has 0 spiro atoms. The Kier molecular flexibility index (Phi) is 6.35. The van der Waals surface area contributed by atoms with Crippen molar-refractivity contribution in [1.82, 2.24) is 10.0 Å². The van der Waals surface area contributed by atoms with Crippen molar-refractivity contribution in [3.05, 3.63) is 48.0 Å². The van der Waals surface area contributed by atoms with Gasteiger partial charge in [-0.15, -0.1) is 0 Å². The zero-order chi connectivity index (χ0) is 20.9. The van der Waals surface area contributed by atoms with E-state index < -0.39 is 10.0 Å². The van der Waals surface area contributed by atoms with Crippen LogP contribution < -0.4 is 24.8 Å². The molecule has 9 nitrogen and oxygen atoms in total. The summed E-state index contributed by atoms with van der Waals surface area (Å²) < 4.78 is 38.0. The third-order valence-electron chi connectivity index (χ3n) is 4.13. The number of sulfonamides is 1. The Morgan fingerprint density at radius 1 is 1.00 bits per heavy atom. The summed E-state index contributed by atoms with van der Waals surface area (Å²) in [4.78, 5) is 23.6. The van der Waals surface area contributed by atoms with Gasteiger partial charge in [-0.25, -0.2) is 13.1 Å². The standard InChI is InChI=1S/C19H21N3O6S/c1-20-19(24)13-2-4-14(5-3-13)22-18(23)8-9-21-29(25,26)15-6-7-16-17(12-15)28-11-10-27-16/h2-7,12,21H,8-11H2,1H3,(H,20,24)(H,22,23). The molecule has 10 heteroatoms. The van der Waals surface area contributed by atoms with E-state index in [-0.39, 0.29) is 29.7 Å². The summed E-state index contributed by atoms with van der Waals surface area (Å²) in [6, 6.07) is 10.7. The van der Waals surface area contributed by atoms with Gasteiger partial charge in [-0.2, -0.15) is 0 Å². The molecule has 154 valence electrons. The summed E-state index contributed by atoms with van der Waals surface area (Å²) in [5.74, 6) is 0.285. The van der Waals surface area contributed by atoms with Crippen molar-refractivity contribution < 1.29 is 27.5 Å². The maximum absolute atomic E-state index is 12.4. The van der Waals surface area contributed by atoms with Crippen molar-refractivity contribution in [3.8, 4) is 11.5 Å². The maximum atomic E-state index is 12.4. The first-order valence-electron chi connectivity index (χ1n) is 8.90. The number of carbonyl (C=O) groups is 2. The Hall–Kier alpha value is -3.11. The monoisotopic (exact) mass is 419 g/mol. The van der Waals surface area contributed by atoms with Gasteiger partial charge in [0.05, 0.1) is 4.90 Å². The van der Waals surface area contributed by atoms with E-state index in [0.29, 0.717) is 36.0 Å². The molecule has 0 saturated heterocycles. The average Bonchev–Trinajstić information content (AvgIpc) is 2.73. The molecule has 1 aliphatic rings. The molecule has 2 aromatic rings. The van der Waals surface area contributed by atoms with Crippen molar-refractivity contribution in [2.75, 3.05) is 32.1 Å². The maximum Gasteiger partial charge on any atom is 0.251 e. The van der Waals surface area contributed by atoms with Crippen LogP contribution in [0.15, 0.2) is 47.4 Å². The van der Waals surface area contributed by atoms with Crippen LogP contribution >= 0.6 is 0 Å². The van der Waals surface area contributed by atoms with Gasteiger partial charge in [-0.1, -0.05) is 0 Å². The third-order valence-corrected chi connectivity index (χ3v) is 5.58. The first kappa shape index (κ1) is 20.6. The van der Waals surface area contributed by atoms with Gasteiger partial charge >= 0.3 is 0 Å². The van der Waals surface area contributed by atoms with Crippen LogP contribution in [0.5, 0.6) is 11.5 Å². The van der Waals surface area contributed by atoms with Gasteiger partial charge in [0, 0.05) is 37.3 Å². The SMILES string of the molecule is CNC(=O)c1ccc(NC(=O)CCNS(=O)(=O)c2ccc3c(c2)OCCO3)cc1. The van der Waals surface area contributed by atoms with Crippen LogP contribution in [-0.4, -0.2) is 47.0 Å². The molecule has 1 aliphatic heterocycles. The first-order chi connectivity index (χ1) is 13.9. The second kappa shape index (κ2) is 8.93. The second-order valence-corrected chi connectivity index (χ2v) is 7.92. The zero-order valence-electron chi connectivity index (χ0n) is 15.7.